The average Bonchev–Trinajstić information content (AvgIpc) is 2.63. The quantitative estimate of drug-likeness (QED) is 0.484. The van der Waals surface area contributed by atoms with Gasteiger partial charge in [-0.05, 0) is 13.8 Å². The summed E-state index contributed by atoms with van der Waals surface area (Å²) in [6, 6.07) is 1.18. The van der Waals surface area contributed by atoms with Crippen LogP contribution in [0, 0.1) is 19.3 Å². The van der Waals surface area contributed by atoms with Crippen molar-refractivity contribution in [2.45, 2.75) is 43.3 Å². The molecule has 1 fully saturated rings. The van der Waals surface area contributed by atoms with E-state index in [1.165, 1.54) is 19.9 Å². The van der Waals surface area contributed by atoms with Crippen LogP contribution in [0.5, 0.6) is 0 Å². The van der Waals surface area contributed by atoms with Crippen LogP contribution in [0.3, 0.4) is 0 Å². The normalized spacial score (nSPS) is 33.6. The van der Waals surface area contributed by atoms with Crippen molar-refractivity contribution >= 4 is 11.6 Å². The second-order valence-corrected chi connectivity index (χ2v) is 5.63. The molecule has 0 aliphatic carbocycles. The molecule has 5 atom stereocenters. The minimum Gasteiger partial charge on any atom is -0.391 e. The number of aromatic nitrogens is 2. The summed E-state index contributed by atoms with van der Waals surface area (Å²) in [5.41, 5.74) is -1.06. The number of ether oxygens (including phenoxy) is 1. The van der Waals surface area contributed by atoms with E-state index in [2.05, 4.69) is 10.9 Å². The number of aryl methyl sites for hydroxylation is 1. The molecule has 1 aliphatic rings. The number of H-pyrrole nitrogens is 1. The Kier molecular flexibility index (Phi) is 4.00. The summed E-state index contributed by atoms with van der Waals surface area (Å²) in [6.07, 6.45) is 0.686. The molecule has 0 spiro atoms. The van der Waals surface area contributed by atoms with Crippen molar-refractivity contribution in [1.29, 1.82) is 0 Å². The molecule has 0 bridgehead atoms. The van der Waals surface area contributed by atoms with E-state index >= 15 is 0 Å². The molecule has 8 heteroatoms. The lowest BCUT2D eigenvalue weighted by atomic mass is 9.97. The van der Waals surface area contributed by atoms with E-state index in [1.54, 1.807) is 0 Å². The van der Waals surface area contributed by atoms with E-state index in [0.717, 1.165) is 4.57 Å². The van der Waals surface area contributed by atoms with Crippen LogP contribution in [0.25, 0.3) is 0 Å². The first-order valence-electron chi connectivity index (χ1n) is 6.23. The second kappa shape index (κ2) is 5.31. The number of halogens is 1. The van der Waals surface area contributed by atoms with E-state index < -0.39 is 40.7 Å². The average molecular weight is 315 g/mol. The summed E-state index contributed by atoms with van der Waals surface area (Å²) in [5.74, 6) is 2.22. The fourth-order valence-electron chi connectivity index (χ4n) is 2.40. The third kappa shape index (κ3) is 2.40. The topological polar surface area (TPSA) is 105 Å². The Balaban J connectivity index is 2.61. The molecule has 0 aromatic carbocycles. The van der Waals surface area contributed by atoms with Gasteiger partial charge in [-0.25, -0.2) is 4.79 Å². The largest absolute Gasteiger partial charge is 0.391 e. The first-order chi connectivity index (χ1) is 9.72. The van der Waals surface area contributed by atoms with Crippen LogP contribution in [-0.2, 0) is 4.74 Å². The molecule has 114 valence electrons. The molecule has 7 nitrogen and oxygen atoms in total. The number of alkyl halides is 1. The van der Waals surface area contributed by atoms with Crippen LogP contribution < -0.4 is 11.2 Å². The molecule has 2 rings (SSSR count). The van der Waals surface area contributed by atoms with Gasteiger partial charge in [0.1, 0.15) is 12.2 Å². The fourth-order valence-corrected chi connectivity index (χ4v) is 2.68. The van der Waals surface area contributed by atoms with Crippen LogP contribution in [0.2, 0.25) is 0 Å². The van der Waals surface area contributed by atoms with Gasteiger partial charge in [-0.15, -0.1) is 6.42 Å². The maximum absolute atomic E-state index is 12.0. The van der Waals surface area contributed by atoms with E-state index in [1.807, 2.05) is 0 Å². The van der Waals surface area contributed by atoms with Gasteiger partial charge < -0.3 is 14.9 Å². The molecular formula is C13H15ClN2O5. The van der Waals surface area contributed by atoms with Gasteiger partial charge in [0.15, 0.2) is 11.1 Å². The van der Waals surface area contributed by atoms with E-state index in [-0.39, 0.29) is 5.69 Å². The highest BCUT2D eigenvalue weighted by Gasteiger charge is 2.57. The molecule has 0 saturated carbocycles. The molecule has 1 aromatic heterocycles. The molecule has 0 amide bonds. The van der Waals surface area contributed by atoms with Crippen LogP contribution in [0.4, 0.5) is 0 Å². The van der Waals surface area contributed by atoms with Gasteiger partial charge in [-0.1, -0.05) is 17.5 Å². The molecule has 21 heavy (non-hydrogen) atoms. The van der Waals surface area contributed by atoms with Crippen molar-refractivity contribution in [3.8, 4) is 12.3 Å². The van der Waals surface area contributed by atoms with Gasteiger partial charge in [-0.2, -0.15) is 0 Å². The molecule has 1 aromatic rings. The minimum absolute atomic E-state index is 0.271. The Bertz CT molecular complexity index is 704. The van der Waals surface area contributed by atoms with Gasteiger partial charge in [0.25, 0.3) is 5.56 Å². The summed E-state index contributed by atoms with van der Waals surface area (Å²) in [6.45, 7) is 2.92. The van der Waals surface area contributed by atoms with Crippen molar-refractivity contribution in [2.75, 3.05) is 0 Å². The number of hydrogen-bond donors (Lipinski definition) is 3. The van der Waals surface area contributed by atoms with Crippen LogP contribution in [-0.4, -0.2) is 43.0 Å². The minimum atomic E-state index is -1.74. The lowest BCUT2D eigenvalue weighted by molar-refractivity contribution is -0.0778. The predicted molar refractivity (Wildman–Crippen MR) is 75.1 cm³/mol. The zero-order valence-electron chi connectivity index (χ0n) is 11.4. The Morgan fingerprint density at radius 1 is 1.62 bits per heavy atom. The Morgan fingerprint density at radius 2 is 2.24 bits per heavy atom. The maximum atomic E-state index is 12.0. The Hall–Kier alpha value is -1.59. The molecule has 1 aliphatic heterocycles. The van der Waals surface area contributed by atoms with Gasteiger partial charge in [-0.3, -0.25) is 14.3 Å². The van der Waals surface area contributed by atoms with Gasteiger partial charge >= 0.3 is 5.69 Å². The van der Waals surface area contributed by atoms with Crippen molar-refractivity contribution in [3.05, 3.63) is 32.6 Å². The number of hydrogen-bond acceptors (Lipinski definition) is 5. The number of aliphatic hydroxyl groups is 2. The lowest BCUT2D eigenvalue weighted by Gasteiger charge is -2.26. The van der Waals surface area contributed by atoms with Crippen molar-refractivity contribution in [1.82, 2.24) is 9.55 Å². The van der Waals surface area contributed by atoms with Crippen molar-refractivity contribution in [3.63, 3.8) is 0 Å². The standard InChI is InChI=1S/C13H15ClN2O5/c1-4-13(14)10(19)9(7(3)17)21-11(13)16-6(2)5-8(18)15-12(16)20/h1,5,7,9-11,17,19H,2-3H3,(H,15,18,20)/t7-,9+,10?,11+,13+/m0/s1. The highest BCUT2D eigenvalue weighted by atomic mass is 35.5. The van der Waals surface area contributed by atoms with Gasteiger partial charge in [0.2, 0.25) is 0 Å². The Labute approximate surface area is 125 Å². The molecule has 0 radical (unpaired) electrons. The molecule has 3 N–H and O–H groups in total. The van der Waals surface area contributed by atoms with Crippen molar-refractivity contribution < 1.29 is 14.9 Å². The third-order valence-corrected chi connectivity index (χ3v) is 4.01. The summed E-state index contributed by atoms with van der Waals surface area (Å²) < 4.78 is 6.55. The highest BCUT2D eigenvalue weighted by molar-refractivity contribution is 6.27. The van der Waals surface area contributed by atoms with Gasteiger partial charge in [0.05, 0.1) is 6.10 Å². The first-order valence-corrected chi connectivity index (χ1v) is 6.61. The first kappa shape index (κ1) is 15.8. The summed E-state index contributed by atoms with van der Waals surface area (Å²) >= 11 is 6.25. The van der Waals surface area contributed by atoms with Crippen molar-refractivity contribution in [2.24, 2.45) is 0 Å². The number of nitrogens with zero attached hydrogens (tertiary/aromatic N) is 1. The van der Waals surface area contributed by atoms with Gasteiger partial charge in [0, 0.05) is 11.8 Å². The van der Waals surface area contributed by atoms with Crippen LogP contribution in [0.1, 0.15) is 18.8 Å². The Morgan fingerprint density at radius 3 is 2.71 bits per heavy atom. The maximum Gasteiger partial charge on any atom is 0.330 e. The predicted octanol–water partition coefficient (Wildman–Crippen LogP) is -0.905. The highest BCUT2D eigenvalue weighted by Crippen LogP contribution is 2.43. The number of aromatic amines is 1. The summed E-state index contributed by atoms with van der Waals surface area (Å²) in [5, 5.41) is 19.8. The lowest BCUT2D eigenvalue weighted by Crippen LogP contribution is -2.45. The molecule has 2 heterocycles. The molecular weight excluding hydrogens is 300 g/mol. The summed E-state index contributed by atoms with van der Waals surface area (Å²) in [7, 11) is 0. The number of rotatable bonds is 2. The van der Waals surface area contributed by atoms with E-state index in [4.69, 9.17) is 22.8 Å². The SMILES string of the molecule is C#C[C@@]1(Cl)C(O)[C@@H]([C@H](C)O)O[C@H]1n1c(C)cc(=O)[nH]c1=O. The van der Waals surface area contributed by atoms with E-state index in [9.17, 15) is 19.8 Å². The number of nitrogens with one attached hydrogen (secondary N) is 1. The zero-order valence-corrected chi connectivity index (χ0v) is 12.2. The second-order valence-electron chi connectivity index (χ2n) is 5.00. The number of aliphatic hydroxyl groups excluding tert-OH is 2. The molecule has 1 saturated heterocycles. The number of terminal acetylenes is 1. The smallest absolute Gasteiger partial charge is 0.330 e. The molecule has 1 unspecified atom stereocenters. The van der Waals surface area contributed by atoms with Crippen LogP contribution in [0.15, 0.2) is 15.7 Å². The fraction of sp³-hybridized carbons (Fsp3) is 0.538. The zero-order chi connectivity index (χ0) is 15.9. The third-order valence-electron chi connectivity index (χ3n) is 3.49. The monoisotopic (exact) mass is 314 g/mol. The van der Waals surface area contributed by atoms with E-state index in [0.29, 0.717) is 0 Å². The van der Waals surface area contributed by atoms with Crippen LogP contribution >= 0.6 is 11.6 Å². The summed E-state index contributed by atoms with van der Waals surface area (Å²) in [4.78, 5) is 23.6.